The number of ether oxygens (including phenoxy) is 2. The molecule has 0 aliphatic rings. The maximum Gasteiger partial charge on any atom is 0.208 e. The molecule has 0 radical (unpaired) electrons. The summed E-state index contributed by atoms with van der Waals surface area (Å²) >= 11 is 3.15. The molecule has 0 saturated carbocycles. The molecule has 4 nitrogen and oxygen atoms in total. The normalized spacial score (nSPS) is 10.7. The Balaban J connectivity index is 1.96. The molecule has 3 aromatic rings. The van der Waals surface area contributed by atoms with E-state index in [1.807, 2.05) is 30.3 Å². The Bertz CT molecular complexity index is 824. The quantitative estimate of drug-likeness (QED) is 0.467. The zero-order valence-corrected chi connectivity index (χ0v) is 14.1. The van der Waals surface area contributed by atoms with Crippen LogP contribution in [0, 0.1) is 0 Å². The summed E-state index contributed by atoms with van der Waals surface area (Å²) in [6.07, 6.45) is 0. The van der Waals surface area contributed by atoms with Gasteiger partial charge >= 0.3 is 0 Å². The number of halogens is 1. The van der Waals surface area contributed by atoms with E-state index in [1.54, 1.807) is 25.3 Å². The van der Waals surface area contributed by atoms with E-state index in [2.05, 4.69) is 15.9 Å². The Morgan fingerprint density at radius 3 is 2.65 bits per heavy atom. The standard InChI is InChI=1S/C18H15BrO4/c1-21-13-7-16(22-11-12-5-3-2-4-6-12)14-9-18(15(20)10-19)23-17(14)8-13/h2-9H,10-11H2,1H3. The van der Waals surface area contributed by atoms with Gasteiger partial charge in [-0.2, -0.15) is 0 Å². The third-order valence-corrected chi connectivity index (χ3v) is 3.95. The second-order valence-electron chi connectivity index (χ2n) is 4.98. The number of methoxy groups -OCH3 is 1. The van der Waals surface area contributed by atoms with Gasteiger partial charge in [0.25, 0.3) is 0 Å². The van der Waals surface area contributed by atoms with Gasteiger partial charge in [-0.15, -0.1) is 0 Å². The smallest absolute Gasteiger partial charge is 0.208 e. The average Bonchev–Trinajstić information content (AvgIpc) is 3.03. The first-order valence-electron chi connectivity index (χ1n) is 7.08. The molecule has 0 aliphatic carbocycles. The minimum atomic E-state index is -0.117. The van der Waals surface area contributed by atoms with Crippen molar-refractivity contribution in [3.8, 4) is 11.5 Å². The summed E-state index contributed by atoms with van der Waals surface area (Å²) in [6, 6.07) is 15.1. The predicted molar refractivity (Wildman–Crippen MR) is 91.7 cm³/mol. The summed E-state index contributed by atoms with van der Waals surface area (Å²) in [5.41, 5.74) is 1.63. The molecule has 23 heavy (non-hydrogen) atoms. The molecule has 0 amide bonds. The third-order valence-electron chi connectivity index (χ3n) is 3.44. The lowest BCUT2D eigenvalue weighted by Gasteiger charge is -2.09. The monoisotopic (exact) mass is 374 g/mol. The van der Waals surface area contributed by atoms with Crippen LogP contribution in [0.3, 0.4) is 0 Å². The van der Waals surface area contributed by atoms with Gasteiger partial charge in [0, 0.05) is 12.1 Å². The van der Waals surface area contributed by atoms with Crippen LogP contribution in [-0.2, 0) is 6.61 Å². The van der Waals surface area contributed by atoms with Crippen LogP contribution < -0.4 is 9.47 Å². The average molecular weight is 375 g/mol. The van der Waals surface area contributed by atoms with E-state index in [4.69, 9.17) is 13.9 Å². The van der Waals surface area contributed by atoms with Crippen LogP contribution in [0.4, 0.5) is 0 Å². The van der Waals surface area contributed by atoms with Crippen LogP contribution in [-0.4, -0.2) is 18.2 Å². The first-order chi connectivity index (χ1) is 11.2. The maximum absolute atomic E-state index is 11.8. The Morgan fingerprint density at radius 2 is 1.96 bits per heavy atom. The fourth-order valence-electron chi connectivity index (χ4n) is 2.26. The first kappa shape index (κ1) is 15.6. The number of alkyl halides is 1. The number of furan rings is 1. The molecule has 2 aromatic carbocycles. The van der Waals surface area contributed by atoms with Crippen LogP contribution in [0.25, 0.3) is 11.0 Å². The molecule has 0 spiro atoms. The molecule has 118 valence electrons. The van der Waals surface area contributed by atoms with Crippen LogP contribution >= 0.6 is 15.9 Å². The van der Waals surface area contributed by atoms with Crippen molar-refractivity contribution in [3.05, 3.63) is 59.9 Å². The number of carbonyl (C=O) groups excluding carboxylic acids is 1. The van der Waals surface area contributed by atoms with Crippen molar-refractivity contribution in [1.29, 1.82) is 0 Å². The zero-order valence-electron chi connectivity index (χ0n) is 12.5. The lowest BCUT2D eigenvalue weighted by Crippen LogP contribution is -1.97. The third kappa shape index (κ3) is 3.40. The number of ketones is 1. The van der Waals surface area contributed by atoms with E-state index in [0.29, 0.717) is 29.4 Å². The van der Waals surface area contributed by atoms with Crippen molar-refractivity contribution in [2.45, 2.75) is 6.61 Å². The van der Waals surface area contributed by atoms with Crippen molar-refractivity contribution in [2.75, 3.05) is 12.4 Å². The van der Waals surface area contributed by atoms with E-state index in [0.717, 1.165) is 10.9 Å². The van der Waals surface area contributed by atoms with Crippen molar-refractivity contribution in [1.82, 2.24) is 0 Å². The van der Waals surface area contributed by atoms with Gasteiger partial charge in [-0.3, -0.25) is 4.79 Å². The fourth-order valence-corrected chi connectivity index (χ4v) is 2.53. The van der Waals surface area contributed by atoms with Crippen molar-refractivity contribution >= 4 is 32.7 Å². The van der Waals surface area contributed by atoms with Crippen LogP contribution in [0.2, 0.25) is 0 Å². The van der Waals surface area contributed by atoms with Crippen LogP contribution in [0.5, 0.6) is 11.5 Å². The summed E-state index contributed by atoms with van der Waals surface area (Å²) in [6.45, 7) is 0.427. The molecule has 0 aliphatic heterocycles. The molecule has 1 heterocycles. The molecule has 1 aromatic heterocycles. The number of hydrogen-bond donors (Lipinski definition) is 0. The number of rotatable bonds is 6. The molecule has 0 fully saturated rings. The summed E-state index contributed by atoms with van der Waals surface area (Å²) in [5.74, 6) is 1.43. The number of hydrogen-bond acceptors (Lipinski definition) is 4. The van der Waals surface area contributed by atoms with Crippen molar-refractivity contribution < 1.29 is 18.7 Å². The van der Waals surface area contributed by atoms with Gasteiger partial charge in [-0.1, -0.05) is 46.3 Å². The molecular formula is C18H15BrO4. The predicted octanol–water partition coefficient (Wildman–Crippen LogP) is 4.60. The first-order valence-corrected chi connectivity index (χ1v) is 8.21. The molecule has 0 atom stereocenters. The van der Waals surface area contributed by atoms with Gasteiger partial charge in [-0.05, 0) is 11.6 Å². The van der Waals surface area contributed by atoms with Crippen LogP contribution in [0.15, 0.2) is 52.9 Å². The van der Waals surface area contributed by atoms with Gasteiger partial charge < -0.3 is 13.9 Å². The molecular weight excluding hydrogens is 360 g/mol. The summed E-state index contributed by atoms with van der Waals surface area (Å²) in [4.78, 5) is 11.8. The SMILES string of the molecule is COc1cc(OCc2ccccc2)c2cc(C(=O)CBr)oc2c1. The minimum absolute atomic E-state index is 0.117. The van der Waals surface area contributed by atoms with E-state index in [9.17, 15) is 4.79 Å². The Hall–Kier alpha value is -2.27. The number of benzene rings is 2. The largest absolute Gasteiger partial charge is 0.496 e. The molecule has 0 N–H and O–H groups in total. The molecule has 3 rings (SSSR count). The maximum atomic E-state index is 11.8. The van der Waals surface area contributed by atoms with Crippen LogP contribution in [0.1, 0.15) is 16.1 Å². The fraction of sp³-hybridized carbons (Fsp3) is 0.167. The number of Topliss-reactive ketones (excluding diaryl/α,β-unsaturated/α-hetero) is 1. The van der Waals surface area contributed by atoms with Gasteiger partial charge in [-0.25, -0.2) is 0 Å². The molecule has 0 saturated heterocycles. The van der Waals surface area contributed by atoms with Gasteiger partial charge in [0.05, 0.1) is 17.8 Å². The van der Waals surface area contributed by atoms with E-state index < -0.39 is 0 Å². The van der Waals surface area contributed by atoms with Gasteiger partial charge in [0.1, 0.15) is 23.7 Å². The second kappa shape index (κ2) is 6.87. The van der Waals surface area contributed by atoms with E-state index >= 15 is 0 Å². The van der Waals surface area contributed by atoms with Gasteiger partial charge in [0.2, 0.25) is 5.78 Å². The van der Waals surface area contributed by atoms with Crippen molar-refractivity contribution in [3.63, 3.8) is 0 Å². The molecule has 5 heteroatoms. The van der Waals surface area contributed by atoms with E-state index in [1.165, 1.54) is 0 Å². The van der Waals surface area contributed by atoms with Crippen molar-refractivity contribution in [2.24, 2.45) is 0 Å². The highest BCUT2D eigenvalue weighted by Crippen LogP contribution is 2.34. The second-order valence-corrected chi connectivity index (χ2v) is 5.54. The lowest BCUT2D eigenvalue weighted by molar-refractivity contribution is 0.0995. The lowest BCUT2D eigenvalue weighted by atomic mass is 10.2. The summed E-state index contributed by atoms with van der Waals surface area (Å²) in [7, 11) is 1.58. The molecule has 0 bridgehead atoms. The topological polar surface area (TPSA) is 48.7 Å². The Labute approximate surface area is 142 Å². The highest BCUT2D eigenvalue weighted by molar-refractivity contribution is 9.09. The summed E-state index contributed by atoms with van der Waals surface area (Å²) in [5, 5.41) is 0.968. The molecule has 0 unspecified atom stereocenters. The number of carbonyl (C=O) groups is 1. The number of fused-ring (bicyclic) bond motifs is 1. The Kier molecular flexibility index (Phi) is 4.67. The zero-order chi connectivity index (χ0) is 16.2. The highest BCUT2D eigenvalue weighted by atomic mass is 79.9. The van der Waals surface area contributed by atoms with Gasteiger partial charge in [0.15, 0.2) is 5.76 Å². The highest BCUT2D eigenvalue weighted by Gasteiger charge is 2.16. The minimum Gasteiger partial charge on any atom is -0.496 e. The van der Waals surface area contributed by atoms with E-state index in [-0.39, 0.29) is 11.1 Å². The summed E-state index contributed by atoms with van der Waals surface area (Å²) < 4.78 is 16.8. The Morgan fingerprint density at radius 1 is 1.17 bits per heavy atom.